The number of alkyl halides is 3. The zero-order valence-corrected chi connectivity index (χ0v) is 8.76. The predicted octanol–water partition coefficient (Wildman–Crippen LogP) is 0.342. The second kappa shape index (κ2) is 5.25. The van der Waals surface area contributed by atoms with Crippen molar-refractivity contribution in [2.45, 2.75) is 12.4 Å². The van der Waals surface area contributed by atoms with Gasteiger partial charge in [0.15, 0.2) is 10.0 Å². The van der Waals surface area contributed by atoms with Crippen molar-refractivity contribution in [3.05, 3.63) is 4.72 Å². The molecule has 16 heavy (non-hydrogen) atoms. The molecule has 0 N–H and O–H groups in total. The molecule has 0 unspecified atom stereocenters. The summed E-state index contributed by atoms with van der Waals surface area (Å²) in [4.78, 5) is 20.8. The molecule has 0 aromatic rings. The topological polar surface area (TPSA) is 91.6 Å². The van der Waals surface area contributed by atoms with E-state index in [0.717, 1.165) is 6.92 Å². The summed E-state index contributed by atoms with van der Waals surface area (Å²) in [7, 11) is -5.57. The third kappa shape index (κ3) is 4.57. The Kier molecular flexibility index (Phi) is 4.87. The summed E-state index contributed by atoms with van der Waals surface area (Å²) in [5, 5.41) is 0. The molecule has 0 aromatic carbocycles. The SMILES string of the molecule is CC(=O)C(=O)OCC[N-]S(=O)(=O)C(F)(F)F. The van der Waals surface area contributed by atoms with Crippen LogP contribution in [0.15, 0.2) is 0 Å². The van der Waals surface area contributed by atoms with Gasteiger partial charge in [-0.3, -0.25) is 4.79 Å². The summed E-state index contributed by atoms with van der Waals surface area (Å²) in [5.74, 6) is -2.21. The summed E-state index contributed by atoms with van der Waals surface area (Å²) in [6, 6.07) is 0. The Morgan fingerprint density at radius 2 is 1.81 bits per heavy atom. The highest BCUT2D eigenvalue weighted by molar-refractivity contribution is 7.94. The number of sulfonamides is 1. The van der Waals surface area contributed by atoms with E-state index in [4.69, 9.17) is 0 Å². The van der Waals surface area contributed by atoms with E-state index < -0.39 is 40.4 Å². The van der Waals surface area contributed by atoms with Gasteiger partial charge in [-0.1, -0.05) is 0 Å². The van der Waals surface area contributed by atoms with Gasteiger partial charge >= 0.3 is 11.5 Å². The standard InChI is InChI=1S/C6H7F3NO5S/c1-4(11)5(12)15-3-2-10-16(13,14)6(7,8)9/h2-3H2,1H3/q-1. The Bertz CT molecular complexity index is 374. The van der Waals surface area contributed by atoms with E-state index in [9.17, 15) is 31.2 Å². The minimum atomic E-state index is -5.57. The fourth-order valence-electron chi connectivity index (χ4n) is 0.471. The molecule has 10 heteroatoms. The first kappa shape index (κ1) is 14.8. The van der Waals surface area contributed by atoms with Crippen LogP contribution in [0, 0.1) is 0 Å². The minimum absolute atomic E-state index is 0.715. The Hall–Kier alpha value is -1.16. The van der Waals surface area contributed by atoms with Gasteiger partial charge in [0.05, 0.1) is 6.61 Å². The first-order chi connectivity index (χ1) is 7.08. The van der Waals surface area contributed by atoms with Crippen molar-refractivity contribution in [3.63, 3.8) is 0 Å². The normalized spacial score (nSPS) is 12.2. The van der Waals surface area contributed by atoms with Crippen LogP contribution in [-0.4, -0.2) is 38.8 Å². The molecule has 0 atom stereocenters. The number of carbonyl (C=O) groups excluding carboxylic acids is 2. The average molecular weight is 262 g/mol. The molecule has 0 rings (SSSR count). The van der Waals surface area contributed by atoms with Crippen molar-refractivity contribution in [1.29, 1.82) is 0 Å². The van der Waals surface area contributed by atoms with E-state index in [1.54, 1.807) is 0 Å². The van der Waals surface area contributed by atoms with E-state index in [1.165, 1.54) is 0 Å². The monoisotopic (exact) mass is 262 g/mol. The molecule has 0 aliphatic rings. The highest BCUT2D eigenvalue weighted by Crippen LogP contribution is 2.27. The first-order valence-electron chi connectivity index (χ1n) is 3.75. The smallest absolute Gasteiger partial charge is 0.480 e. The molecular formula is C6H7F3NO5S-. The summed E-state index contributed by atoms with van der Waals surface area (Å²) >= 11 is 0. The van der Waals surface area contributed by atoms with Crippen LogP contribution in [-0.2, 0) is 24.3 Å². The number of esters is 1. The molecule has 6 nitrogen and oxygen atoms in total. The fraction of sp³-hybridized carbons (Fsp3) is 0.667. The second-order valence-corrected chi connectivity index (χ2v) is 4.14. The molecule has 0 fully saturated rings. The van der Waals surface area contributed by atoms with E-state index in [1.807, 2.05) is 0 Å². The zero-order chi connectivity index (χ0) is 13.0. The Morgan fingerprint density at radius 3 is 2.19 bits per heavy atom. The Morgan fingerprint density at radius 1 is 1.31 bits per heavy atom. The van der Waals surface area contributed by atoms with Crippen molar-refractivity contribution in [2.75, 3.05) is 13.2 Å². The number of hydrogen-bond acceptors (Lipinski definition) is 5. The number of carbonyl (C=O) groups is 2. The Labute approximate surface area is 88.8 Å². The van der Waals surface area contributed by atoms with Gasteiger partial charge in [-0.15, -0.1) is 6.54 Å². The number of nitrogens with zero attached hydrogens (tertiary/aromatic N) is 1. The molecule has 0 spiro atoms. The lowest BCUT2D eigenvalue weighted by Gasteiger charge is -2.20. The van der Waals surface area contributed by atoms with Gasteiger partial charge in [-0.05, 0) is 0 Å². The molecule has 0 saturated carbocycles. The lowest BCUT2D eigenvalue weighted by Crippen LogP contribution is -2.24. The van der Waals surface area contributed by atoms with Gasteiger partial charge in [0.2, 0.25) is 5.78 Å². The number of halogens is 3. The van der Waals surface area contributed by atoms with Crippen molar-refractivity contribution in [3.8, 4) is 0 Å². The maximum Gasteiger partial charge on any atom is 0.480 e. The van der Waals surface area contributed by atoms with Crippen LogP contribution in [0.1, 0.15) is 6.92 Å². The van der Waals surface area contributed by atoms with Crippen molar-refractivity contribution < 1.29 is 35.9 Å². The van der Waals surface area contributed by atoms with E-state index >= 15 is 0 Å². The number of ether oxygens (including phenoxy) is 1. The number of hydrogen-bond donors (Lipinski definition) is 0. The first-order valence-corrected chi connectivity index (χ1v) is 5.19. The van der Waals surface area contributed by atoms with Crippen LogP contribution >= 0.6 is 0 Å². The van der Waals surface area contributed by atoms with Gasteiger partial charge in [0.25, 0.3) is 0 Å². The predicted molar refractivity (Wildman–Crippen MR) is 44.8 cm³/mol. The molecule has 0 aromatic heterocycles. The van der Waals surface area contributed by atoms with Crippen molar-refractivity contribution in [1.82, 2.24) is 0 Å². The summed E-state index contributed by atoms with van der Waals surface area (Å²) in [5.41, 5.74) is -5.47. The lowest BCUT2D eigenvalue weighted by molar-refractivity contribution is -0.152. The maximum atomic E-state index is 11.7. The largest absolute Gasteiger partial charge is 0.538 e. The Balaban J connectivity index is 4.02. The van der Waals surface area contributed by atoms with Crippen molar-refractivity contribution in [2.24, 2.45) is 0 Å². The lowest BCUT2D eigenvalue weighted by atomic mass is 10.5. The molecule has 0 heterocycles. The molecule has 0 amide bonds. The van der Waals surface area contributed by atoms with Crippen LogP contribution in [0.5, 0.6) is 0 Å². The number of rotatable bonds is 5. The summed E-state index contributed by atoms with van der Waals surface area (Å²) in [6.45, 7) is -0.708. The van der Waals surface area contributed by atoms with E-state index in [0.29, 0.717) is 0 Å². The van der Waals surface area contributed by atoms with Crippen molar-refractivity contribution >= 4 is 21.8 Å². The molecule has 0 aliphatic carbocycles. The highest BCUT2D eigenvalue weighted by atomic mass is 32.2. The van der Waals surface area contributed by atoms with Crippen LogP contribution in [0.25, 0.3) is 4.72 Å². The highest BCUT2D eigenvalue weighted by Gasteiger charge is 2.38. The number of ketones is 1. The van der Waals surface area contributed by atoms with E-state index in [2.05, 4.69) is 9.46 Å². The molecule has 0 radical (unpaired) electrons. The zero-order valence-electron chi connectivity index (χ0n) is 7.94. The van der Waals surface area contributed by atoms with E-state index in [-0.39, 0.29) is 0 Å². The van der Waals surface area contributed by atoms with Gasteiger partial charge in [0.1, 0.15) is 0 Å². The van der Waals surface area contributed by atoms with Gasteiger partial charge in [0, 0.05) is 6.92 Å². The molecule has 0 saturated heterocycles. The van der Waals surface area contributed by atoms with Crippen LogP contribution in [0.2, 0.25) is 0 Å². The third-order valence-corrected chi connectivity index (χ3v) is 2.27. The average Bonchev–Trinajstić information content (AvgIpc) is 2.09. The van der Waals surface area contributed by atoms with Crippen LogP contribution in [0.3, 0.4) is 0 Å². The quantitative estimate of drug-likeness (QED) is 0.405. The van der Waals surface area contributed by atoms with Gasteiger partial charge in [-0.2, -0.15) is 13.2 Å². The van der Waals surface area contributed by atoms with Gasteiger partial charge < -0.3 is 9.46 Å². The number of Topliss-reactive ketones (excluding diaryl/α,β-unsaturated/α-hetero) is 1. The fourth-order valence-corrected chi connectivity index (χ4v) is 0.932. The third-order valence-electron chi connectivity index (χ3n) is 1.17. The maximum absolute atomic E-state index is 11.7. The minimum Gasteiger partial charge on any atom is -0.538 e. The molecule has 94 valence electrons. The second-order valence-electron chi connectivity index (χ2n) is 2.47. The van der Waals surface area contributed by atoms with Gasteiger partial charge in [-0.25, -0.2) is 13.2 Å². The molecular weight excluding hydrogens is 255 g/mol. The molecule has 0 bridgehead atoms. The van der Waals surface area contributed by atoms with Crippen LogP contribution < -0.4 is 0 Å². The summed E-state index contributed by atoms with van der Waals surface area (Å²) in [6.07, 6.45) is 0. The molecule has 0 aliphatic heterocycles. The summed E-state index contributed by atoms with van der Waals surface area (Å²) < 4.78 is 62.2. The van der Waals surface area contributed by atoms with Crippen LogP contribution in [0.4, 0.5) is 13.2 Å².